The second-order valence-electron chi connectivity index (χ2n) is 3.51. The molecule has 0 aliphatic rings. The normalized spacial score (nSPS) is 12.0. The van der Waals surface area contributed by atoms with Crippen LogP contribution < -0.4 is 10.6 Å². The van der Waals surface area contributed by atoms with Crippen LogP contribution in [0.15, 0.2) is 12.3 Å². The topological polar surface area (TPSA) is 74.2 Å². The number of aromatic nitrogens is 1. The lowest BCUT2D eigenvalue weighted by molar-refractivity contribution is 0.229. The molecular formula is C10H14ClN3O2. The maximum atomic E-state index is 11.4. The van der Waals surface area contributed by atoms with E-state index in [-0.39, 0.29) is 18.7 Å². The molecule has 0 radical (unpaired) electrons. The first-order chi connectivity index (χ1) is 7.52. The molecule has 0 aliphatic carbocycles. The van der Waals surface area contributed by atoms with Crippen LogP contribution in [0.2, 0.25) is 5.15 Å². The number of anilines is 1. The quantitative estimate of drug-likeness (QED) is 0.705. The van der Waals surface area contributed by atoms with Crippen molar-refractivity contribution in [2.75, 3.05) is 11.9 Å². The smallest absolute Gasteiger partial charge is 0.319 e. The molecule has 88 valence electrons. The van der Waals surface area contributed by atoms with Gasteiger partial charge in [-0.1, -0.05) is 11.6 Å². The van der Waals surface area contributed by atoms with Gasteiger partial charge in [0.2, 0.25) is 0 Å². The van der Waals surface area contributed by atoms with Gasteiger partial charge in [-0.25, -0.2) is 9.78 Å². The van der Waals surface area contributed by atoms with E-state index in [1.807, 2.05) is 0 Å². The molecule has 6 heteroatoms. The van der Waals surface area contributed by atoms with Crippen molar-refractivity contribution in [2.45, 2.75) is 19.9 Å². The van der Waals surface area contributed by atoms with Gasteiger partial charge in [-0.05, 0) is 25.5 Å². The Labute approximate surface area is 98.8 Å². The lowest BCUT2D eigenvalue weighted by Crippen LogP contribution is -2.38. The molecule has 0 saturated heterocycles. The van der Waals surface area contributed by atoms with Gasteiger partial charge in [0.05, 0.1) is 24.5 Å². The molecule has 0 fully saturated rings. The highest BCUT2D eigenvalue weighted by Crippen LogP contribution is 2.15. The summed E-state index contributed by atoms with van der Waals surface area (Å²) in [6.45, 7) is 3.39. The average Bonchev–Trinajstić information content (AvgIpc) is 2.23. The molecular weight excluding hydrogens is 230 g/mol. The molecule has 1 atom stereocenters. The molecule has 5 nitrogen and oxygen atoms in total. The van der Waals surface area contributed by atoms with Crippen LogP contribution in [0.5, 0.6) is 0 Å². The van der Waals surface area contributed by atoms with Gasteiger partial charge in [0, 0.05) is 0 Å². The van der Waals surface area contributed by atoms with Crippen LogP contribution in [-0.4, -0.2) is 28.8 Å². The van der Waals surface area contributed by atoms with Crippen molar-refractivity contribution in [2.24, 2.45) is 0 Å². The minimum Gasteiger partial charge on any atom is -0.394 e. The first kappa shape index (κ1) is 12.7. The summed E-state index contributed by atoms with van der Waals surface area (Å²) in [6.07, 6.45) is 1.47. The molecule has 1 aromatic heterocycles. The van der Waals surface area contributed by atoms with Gasteiger partial charge in [-0.3, -0.25) is 0 Å². The Morgan fingerprint density at radius 1 is 1.69 bits per heavy atom. The van der Waals surface area contributed by atoms with Crippen LogP contribution in [0.4, 0.5) is 10.5 Å². The van der Waals surface area contributed by atoms with Crippen molar-refractivity contribution in [3.05, 3.63) is 23.0 Å². The van der Waals surface area contributed by atoms with E-state index in [0.717, 1.165) is 5.56 Å². The Hall–Kier alpha value is -1.33. The van der Waals surface area contributed by atoms with E-state index in [2.05, 4.69) is 15.6 Å². The predicted octanol–water partition coefficient (Wildman–Crippen LogP) is 1.55. The fraction of sp³-hybridized carbons (Fsp3) is 0.400. The SMILES string of the molecule is Cc1cc(NC(=O)NC(C)CO)cnc1Cl. The van der Waals surface area contributed by atoms with Crippen LogP contribution in [0.1, 0.15) is 12.5 Å². The second-order valence-corrected chi connectivity index (χ2v) is 3.87. The average molecular weight is 244 g/mol. The molecule has 2 amide bonds. The minimum atomic E-state index is -0.384. The summed E-state index contributed by atoms with van der Waals surface area (Å²) in [4.78, 5) is 15.3. The van der Waals surface area contributed by atoms with E-state index >= 15 is 0 Å². The van der Waals surface area contributed by atoms with Gasteiger partial charge in [0.15, 0.2) is 0 Å². The summed E-state index contributed by atoms with van der Waals surface area (Å²) in [7, 11) is 0. The highest BCUT2D eigenvalue weighted by Gasteiger charge is 2.07. The minimum absolute atomic E-state index is 0.106. The summed E-state index contributed by atoms with van der Waals surface area (Å²) >= 11 is 5.75. The van der Waals surface area contributed by atoms with Gasteiger partial charge in [-0.15, -0.1) is 0 Å². The third kappa shape index (κ3) is 3.67. The number of halogens is 1. The summed E-state index contributed by atoms with van der Waals surface area (Å²) < 4.78 is 0. The van der Waals surface area contributed by atoms with E-state index in [4.69, 9.17) is 16.7 Å². The maximum absolute atomic E-state index is 11.4. The first-order valence-corrected chi connectivity index (χ1v) is 5.21. The molecule has 1 rings (SSSR count). The number of aliphatic hydroxyl groups excluding tert-OH is 1. The number of rotatable bonds is 3. The number of carbonyl (C=O) groups excluding carboxylic acids is 1. The zero-order valence-electron chi connectivity index (χ0n) is 9.12. The van der Waals surface area contributed by atoms with Crippen molar-refractivity contribution in [3.8, 4) is 0 Å². The number of carbonyl (C=O) groups is 1. The zero-order chi connectivity index (χ0) is 12.1. The van der Waals surface area contributed by atoms with Crippen molar-refractivity contribution >= 4 is 23.3 Å². The standard InChI is InChI=1S/C10H14ClN3O2/c1-6-3-8(4-12-9(6)11)14-10(16)13-7(2)5-15/h3-4,7,15H,5H2,1-2H3,(H2,13,14,16). The van der Waals surface area contributed by atoms with Crippen LogP contribution in [-0.2, 0) is 0 Å². The Kier molecular flexibility index (Phi) is 4.52. The molecule has 0 aromatic carbocycles. The van der Waals surface area contributed by atoms with Gasteiger partial charge in [0.25, 0.3) is 0 Å². The molecule has 1 unspecified atom stereocenters. The highest BCUT2D eigenvalue weighted by molar-refractivity contribution is 6.30. The van der Waals surface area contributed by atoms with Gasteiger partial charge in [-0.2, -0.15) is 0 Å². The van der Waals surface area contributed by atoms with Crippen LogP contribution >= 0.6 is 11.6 Å². The number of pyridine rings is 1. The van der Waals surface area contributed by atoms with E-state index in [9.17, 15) is 4.79 Å². The van der Waals surface area contributed by atoms with Crippen LogP contribution in [0, 0.1) is 6.92 Å². The lowest BCUT2D eigenvalue weighted by atomic mass is 10.3. The summed E-state index contributed by atoms with van der Waals surface area (Å²) in [6, 6.07) is 1.05. The number of hydrogen-bond acceptors (Lipinski definition) is 3. The maximum Gasteiger partial charge on any atom is 0.319 e. The molecule has 0 spiro atoms. The molecule has 3 N–H and O–H groups in total. The third-order valence-corrected chi connectivity index (χ3v) is 2.32. The monoisotopic (exact) mass is 243 g/mol. The Morgan fingerprint density at radius 3 is 2.94 bits per heavy atom. The van der Waals surface area contributed by atoms with Gasteiger partial charge >= 0.3 is 6.03 Å². The lowest BCUT2D eigenvalue weighted by Gasteiger charge is -2.12. The molecule has 1 aromatic rings. The predicted molar refractivity (Wildman–Crippen MR) is 62.7 cm³/mol. The van der Waals surface area contributed by atoms with Crippen LogP contribution in [0.25, 0.3) is 0 Å². The Balaban J connectivity index is 2.59. The number of aryl methyl sites for hydroxylation is 1. The van der Waals surface area contributed by atoms with E-state index < -0.39 is 0 Å². The fourth-order valence-corrected chi connectivity index (χ4v) is 1.17. The second kappa shape index (κ2) is 5.67. The van der Waals surface area contributed by atoms with E-state index in [0.29, 0.717) is 10.8 Å². The number of nitrogens with one attached hydrogen (secondary N) is 2. The number of urea groups is 1. The number of nitrogens with zero attached hydrogens (tertiary/aromatic N) is 1. The third-order valence-electron chi connectivity index (χ3n) is 1.92. The molecule has 16 heavy (non-hydrogen) atoms. The Bertz CT molecular complexity index is 384. The van der Waals surface area contributed by atoms with Crippen molar-refractivity contribution in [3.63, 3.8) is 0 Å². The Morgan fingerprint density at radius 2 is 2.38 bits per heavy atom. The summed E-state index contributed by atoms with van der Waals surface area (Å²) in [5, 5.41) is 14.3. The van der Waals surface area contributed by atoms with Crippen molar-refractivity contribution < 1.29 is 9.90 Å². The van der Waals surface area contributed by atoms with Crippen molar-refractivity contribution in [1.82, 2.24) is 10.3 Å². The summed E-state index contributed by atoms with van der Waals surface area (Å²) in [5.41, 5.74) is 1.35. The number of hydrogen-bond donors (Lipinski definition) is 3. The zero-order valence-corrected chi connectivity index (χ0v) is 9.88. The van der Waals surface area contributed by atoms with E-state index in [1.165, 1.54) is 6.20 Å². The molecule has 0 bridgehead atoms. The fourth-order valence-electron chi connectivity index (χ4n) is 1.06. The van der Waals surface area contributed by atoms with Crippen molar-refractivity contribution in [1.29, 1.82) is 0 Å². The number of aliphatic hydroxyl groups is 1. The molecule has 1 heterocycles. The largest absolute Gasteiger partial charge is 0.394 e. The summed E-state index contributed by atoms with van der Waals surface area (Å²) in [5.74, 6) is 0. The molecule has 0 saturated carbocycles. The van der Waals surface area contributed by atoms with Crippen LogP contribution in [0.3, 0.4) is 0 Å². The number of amides is 2. The first-order valence-electron chi connectivity index (χ1n) is 4.83. The molecule has 0 aliphatic heterocycles. The van der Waals surface area contributed by atoms with E-state index in [1.54, 1.807) is 19.9 Å². The van der Waals surface area contributed by atoms with Gasteiger partial charge in [0.1, 0.15) is 5.15 Å². The highest BCUT2D eigenvalue weighted by atomic mass is 35.5. The van der Waals surface area contributed by atoms with Gasteiger partial charge < -0.3 is 15.7 Å².